The molecule has 0 radical (unpaired) electrons. The molecule has 0 aromatic heterocycles. The Morgan fingerprint density at radius 3 is 2.69 bits per heavy atom. The molecule has 3 rings (SSSR count). The van der Waals surface area contributed by atoms with Crippen LogP contribution in [0.25, 0.3) is 0 Å². The molecule has 2 aromatic carbocycles. The Morgan fingerprint density at radius 2 is 2.08 bits per heavy atom. The van der Waals surface area contributed by atoms with Gasteiger partial charge in [0.1, 0.15) is 11.6 Å². The highest BCUT2D eigenvalue weighted by Gasteiger charge is 2.32. The maximum Gasteiger partial charge on any atom is 0.408 e. The first-order chi connectivity index (χ1) is 12.5. The minimum atomic E-state index is -0.941. The molecule has 0 spiro atoms. The summed E-state index contributed by atoms with van der Waals surface area (Å²) in [6.07, 6.45) is -1.59. The van der Waals surface area contributed by atoms with Gasteiger partial charge in [-0.05, 0) is 29.8 Å². The molecular weight excluding hydrogens is 363 g/mol. The van der Waals surface area contributed by atoms with Crippen LogP contribution in [0, 0.1) is 5.82 Å². The highest BCUT2D eigenvalue weighted by molar-refractivity contribution is 6.30. The lowest BCUT2D eigenvalue weighted by molar-refractivity contribution is -0.128. The maximum absolute atomic E-state index is 13.3. The first-order valence-corrected chi connectivity index (χ1v) is 8.19. The molecule has 136 valence electrons. The zero-order chi connectivity index (χ0) is 18.7. The van der Waals surface area contributed by atoms with Crippen molar-refractivity contribution in [2.75, 3.05) is 13.7 Å². The number of cyclic esters (lactones) is 1. The molecule has 1 aliphatic rings. The molecule has 0 saturated carbocycles. The Hall–Kier alpha value is -2.80. The minimum Gasteiger partial charge on any atom is -0.496 e. The van der Waals surface area contributed by atoms with Gasteiger partial charge >= 0.3 is 6.09 Å². The van der Waals surface area contributed by atoms with Crippen molar-refractivity contribution in [3.8, 4) is 5.75 Å². The maximum atomic E-state index is 13.3. The third-order valence-corrected chi connectivity index (χ3v) is 4.21. The van der Waals surface area contributed by atoms with E-state index in [2.05, 4.69) is 10.6 Å². The number of carbonyl (C=O) groups excluding carboxylic acids is 2. The summed E-state index contributed by atoms with van der Waals surface area (Å²) in [6, 6.07) is 10.1. The van der Waals surface area contributed by atoms with Crippen molar-refractivity contribution in [2.45, 2.75) is 12.1 Å². The van der Waals surface area contributed by atoms with E-state index in [0.29, 0.717) is 21.9 Å². The number of nitrogens with one attached hydrogen (secondary N) is 2. The number of rotatable bonds is 5. The minimum absolute atomic E-state index is 0.0819. The number of halogens is 2. The van der Waals surface area contributed by atoms with Crippen LogP contribution in [-0.2, 0) is 9.53 Å². The molecule has 6 nitrogen and oxygen atoms in total. The molecular formula is C18H16ClFN2O4. The fourth-order valence-corrected chi connectivity index (χ4v) is 2.85. The van der Waals surface area contributed by atoms with Crippen LogP contribution in [0.2, 0.25) is 5.02 Å². The van der Waals surface area contributed by atoms with Gasteiger partial charge in [-0.2, -0.15) is 0 Å². The van der Waals surface area contributed by atoms with Crippen LogP contribution < -0.4 is 15.4 Å². The van der Waals surface area contributed by atoms with E-state index >= 15 is 0 Å². The van der Waals surface area contributed by atoms with Crippen LogP contribution in [0.3, 0.4) is 0 Å². The molecule has 2 N–H and O–H groups in total. The van der Waals surface area contributed by atoms with E-state index in [9.17, 15) is 14.0 Å². The summed E-state index contributed by atoms with van der Waals surface area (Å²) in [5.74, 6) is -0.404. The number of hydrogen-bond donors (Lipinski definition) is 2. The zero-order valence-corrected chi connectivity index (χ0v) is 14.5. The normalized spacial score (nSPS) is 17.2. The van der Waals surface area contributed by atoms with E-state index in [1.165, 1.54) is 19.2 Å². The van der Waals surface area contributed by atoms with Crippen LogP contribution in [0.15, 0.2) is 42.5 Å². The molecule has 2 atom stereocenters. The summed E-state index contributed by atoms with van der Waals surface area (Å²) in [7, 11) is 1.49. The van der Waals surface area contributed by atoms with Gasteiger partial charge in [0.05, 0.1) is 19.7 Å². The lowest BCUT2D eigenvalue weighted by Gasteiger charge is -2.23. The molecule has 0 bridgehead atoms. The van der Waals surface area contributed by atoms with Gasteiger partial charge in [-0.15, -0.1) is 0 Å². The largest absolute Gasteiger partial charge is 0.496 e. The molecule has 1 heterocycles. The van der Waals surface area contributed by atoms with Gasteiger partial charge in [-0.3, -0.25) is 4.79 Å². The third kappa shape index (κ3) is 3.88. The summed E-state index contributed by atoms with van der Waals surface area (Å²) < 4.78 is 23.6. The van der Waals surface area contributed by atoms with Crippen molar-refractivity contribution < 1.29 is 23.5 Å². The average Bonchev–Trinajstić information content (AvgIpc) is 3.07. The quantitative estimate of drug-likeness (QED) is 0.838. The lowest BCUT2D eigenvalue weighted by Crippen LogP contribution is -2.39. The number of methoxy groups -OCH3 is 1. The van der Waals surface area contributed by atoms with Crippen LogP contribution in [0.5, 0.6) is 5.75 Å². The second-order valence-corrected chi connectivity index (χ2v) is 6.09. The van der Waals surface area contributed by atoms with Gasteiger partial charge in [-0.1, -0.05) is 29.8 Å². The molecule has 1 fully saturated rings. The standard InChI is InChI=1S/C18H16ClFN2O4/c1-25-14-8-11(19)4-7-13(14)16(10-2-5-12(20)6-3-10)22-17(23)15-9-21-18(24)26-15/h2-8,15-16H,9H2,1H3,(H,21,24)(H,22,23)/t15?,16-/m0/s1. The van der Waals surface area contributed by atoms with Crippen molar-refractivity contribution in [1.29, 1.82) is 0 Å². The van der Waals surface area contributed by atoms with Crippen molar-refractivity contribution >= 4 is 23.6 Å². The second kappa shape index (κ2) is 7.61. The van der Waals surface area contributed by atoms with Gasteiger partial charge in [0.2, 0.25) is 0 Å². The number of amides is 2. The van der Waals surface area contributed by atoms with Gasteiger partial charge in [0.15, 0.2) is 6.10 Å². The molecule has 1 aliphatic heterocycles. The monoisotopic (exact) mass is 378 g/mol. The Kier molecular flexibility index (Phi) is 5.27. The molecule has 1 unspecified atom stereocenters. The third-order valence-electron chi connectivity index (χ3n) is 3.97. The fraction of sp³-hybridized carbons (Fsp3) is 0.222. The van der Waals surface area contributed by atoms with E-state index in [0.717, 1.165) is 0 Å². The van der Waals surface area contributed by atoms with Gasteiger partial charge in [-0.25, -0.2) is 9.18 Å². The summed E-state index contributed by atoms with van der Waals surface area (Å²) in [6.45, 7) is 0.0819. The number of carbonyl (C=O) groups is 2. The van der Waals surface area contributed by atoms with Crippen LogP contribution in [0.4, 0.5) is 9.18 Å². The average molecular weight is 379 g/mol. The van der Waals surface area contributed by atoms with Crippen molar-refractivity contribution in [3.05, 3.63) is 64.4 Å². The van der Waals surface area contributed by atoms with E-state index in [4.69, 9.17) is 21.1 Å². The first-order valence-electron chi connectivity index (χ1n) is 7.81. The van der Waals surface area contributed by atoms with E-state index in [1.807, 2.05) is 0 Å². The van der Waals surface area contributed by atoms with Crippen molar-refractivity contribution in [2.24, 2.45) is 0 Å². The zero-order valence-electron chi connectivity index (χ0n) is 13.8. The fourth-order valence-electron chi connectivity index (χ4n) is 2.69. The number of alkyl carbamates (subject to hydrolysis) is 1. The van der Waals surface area contributed by atoms with Crippen LogP contribution >= 0.6 is 11.6 Å². The Bertz CT molecular complexity index is 828. The Morgan fingerprint density at radius 1 is 1.35 bits per heavy atom. The van der Waals surface area contributed by atoms with E-state index < -0.39 is 30.0 Å². The Balaban J connectivity index is 1.95. The Labute approximate surface area is 154 Å². The van der Waals surface area contributed by atoms with Crippen LogP contribution in [-0.4, -0.2) is 31.8 Å². The molecule has 1 saturated heterocycles. The van der Waals surface area contributed by atoms with Crippen LogP contribution in [0.1, 0.15) is 17.2 Å². The van der Waals surface area contributed by atoms with E-state index in [-0.39, 0.29) is 6.54 Å². The highest BCUT2D eigenvalue weighted by Crippen LogP contribution is 2.32. The van der Waals surface area contributed by atoms with Gasteiger partial charge in [0, 0.05) is 10.6 Å². The summed E-state index contributed by atoms with van der Waals surface area (Å²) in [5, 5.41) is 5.73. The van der Waals surface area contributed by atoms with Crippen molar-refractivity contribution in [3.63, 3.8) is 0 Å². The summed E-state index contributed by atoms with van der Waals surface area (Å²) >= 11 is 6.01. The highest BCUT2D eigenvalue weighted by atomic mass is 35.5. The molecule has 0 aliphatic carbocycles. The molecule has 2 amide bonds. The predicted molar refractivity (Wildman–Crippen MR) is 92.7 cm³/mol. The summed E-state index contributed by atoms with van der Waals surface area (Å²) in [5.41, 5.74) is 1.27. The van der Waals surface area contributed by atoms with Gasteiger partial charge in [0.25, 0.3) is 5.91 Å². The molecule has 26 heavy (non-hydrogen) atoms. The van der Waals surface area contributed by atoms with Crippen molar-refractivity contribution in [1.82, 2.24) is 10.6 Å². The first kappa shape index (κ1) is 18.0. The van der Waals surface area contributed by atoms with Gasteiger partial charge < -0.3 is 20.1 Å². The smallest absolute Gasteiger partial charge is 0.408 e. The number of ether oxygens (including phenoxy) is 2. The van der Waals surface area contributed by atoms with E-state index in [1.54, 1.807) is 30.3 Å². The summed E-state index contributed by atoms with van der Waals surface area (Å²) in [4.78, 5) is 23.7. The topological polar surface area (TPSA) is 76.7 Å². The lowest BCUT2D eigenvalue weighted by atomic mass is 9.97. The predicted octanol–water partition coefficient (Wildman–Crippen LogP) is 2.80. The molecule has 8 heteroatoms. The number of benzene rings is 2. The second-order valence-electron chi connectivity index (χ2n) is 5.65. The number of hydrogen-bond acceptors (Lipinski definition) is 4. The SMILES string of the molecule is COc1cc(Cl)ccc1[C@@H](NC(=O)C1CNC(=O)O1)c1ccc(F)cc1. The molecule has 2 aromatic rings.